The molecule has 0 unspecified atom stereocenters. The molecule has 1 aromatic carbocycles. The van der Waals surface area contributed by atoms with Crippen molar-refractivity contribution < 1.29 is 13.2 Å². The van der Waals surface area contributed by atoms with Crippen LogP contribution in [0.5, 0.6) is 0 Å². The van der Waals surface area contributed by atoms with E-state index >= 15 is 0 Å². The molecule has 0 amide bonds. The lowest BCUT2D eigenvalue weighted by atomic mass is 10.1. The fourth-order valence-corrected chi connectivity index (χ4v) is 2.30. The highest BCUT2D eigenvalue weighted by Crippen LogP contribution is 2.37. The van der Waals surface area contributed by atoms with Gasteiger partial charge in [0.1, 0.15) is 6.04 Å². The van der Waals surface area contributed by atoms with E-state index in [1.807, 2.05) is 0 Å². The first-order chi connectivity index (χ1) is 6.73. The summed E-state index contributed by atoms with van der Waals surface area (Å²) in [4.78, 5) is 0. The van der Waals surface area contributed by atoms with Crippen LogP contribution in [-0.2, 0) is 0 Å². The molecule has 2 nitrogen and oxygen atoms in total. The molecule has 4 N–H and O–H groups in total. The highest BCUT2D eigenvalue weighted by molar-refractivity contribution is 9.11. The minimum atomic E-state index is -4.51. The van der Waals surface area contributed by atoms with Crippen molar-refractivity contribution in [2.24, 2.45) is 5.73 Å². The third kappa shape index (κ3) is 3.51. The summed E-state index contributed by atoms with van der Waals surface area (Å²) in [5.74, 6) is 0. The molecule has 8 heteroatoms. The fourth-order valence-electron chi connectivity index (χ4n) is 1.04. The van der Waals surface area contributed by atoms with Crippen molar-refractivity contribution in [3.63, 3.8) is 0 Å². The van der Waals surface area contributed by atoms with Gasteiger partial charge in [-0.15, -0.1) is 12.4 Å². The lowest BCUT2D eigenvalue weighted by Crippen LogP contribution is -2.29. The molecule has 1 aromatic rings. The van der Waals surface area contributed by atoms with E-state index in [2.05, 4.69) is 31.9 Å². The molecule has 0 spiro atoms. The topological polar surface area (TPSA) is 52.0 Å². The van der Waals surface area contributed by atoms with Crippen LogP contribution < -0.4 is 11.5 Å². The summed E-state index contributed by atoms with van der Waals surface area (Å²) in [5, 5.41) is 0. The monoisotopic (exact) mass is 382 g/mol. The Balaban J connectivity index is 0.00000225. The predicted molar refractivity (Wildman–Crippen MR) is 66.5 cm³/mol. The van der Waals surface area contributed by atoms with Crippen LogP contribution in [0.1, 0.15) is 11.6 Å². The summed E-state index contributed by atoms with van der Waals surface area (Å²) >= 11 is 6.13. The van der Waals surface area contributed by atoms with E-state index in [-0.39, 0.29) is 23.7 Å². The van der Waals surface area contributed by atoms with Gasteiger partial charge in [-0.2, -0.15) is 13.2 Å². The van der Waals surface area contributed by atoms with Crippen LogP contribution in [0, 0.1) is 0 Å². The molecule has 0 radical (unpaired) electrons. The van der Waals surface area contributed by atoms with Gasteiger partial charge in [0, 0.05) is 14.5 Å². The van der Waals surface area contributed by atoms with Gasteiger partial charge in [0.2, 0.25) is 0 Å². The SMILES string of the molecule is Cl.Nc1c(Br)cc(Br)cc1[C@@H](N)C(F)(F)F. The van der Waals surface area contributed by atoms with E-state index in [1.54, 1.807) is 6.07 Å². The quantitative estimate of drug-likeness (QED) is 0.724. The second-order valence-corrected chi connectivity index (χ2v) is 4.68. The Morgan fingerprint density at radius 2 is 1.69 bits per heavy atom. The maximum Gasteiger partial charge on any atom is 0.407 e. The number of nitrogen functional groups attached to an aromatic ring is 1. The van der Waals surface area contributed by atoms with Gasteiger partial charge in [-0.3, -0.25) is 0 Å². The van der Waals surface area contributed by atoms with E-state index in [4.69, 9.17) is 11.5 Å². The molecule has 0 saturated carbocycles. The van der Waals surface area contributed by atoms with Gasteiger partial charge in [-0.25, -0.2) is 0 Å². The highest BCUT2D eigenvalue weighted by Gasteiger charge is 2.39. The van der Waals surface area contributed by atoms with Crippen LogP contribution in [0.15, 0.2) is 21.1 Å². The predicted octanol–water partition coefficient (Wildman–Crippen LogP) is 3.78. The molecule has 92 valence electrons. The van der Waals surface area contributed by atoms with Crippen molar-refractivity contribution in [2.45, 2.75) is 12.2 Å². The zero-order valence-corrected chi connectivity index (χ0v) is 11.7. The Hall–Kier alpha value is 0.0200. The van der Waals surface area contributed by atoms with Crippen molar-refractivity contribution in [3.8, 4) is 0 Å². The normalized spacial score (nSPS) is 13.1. The van der Waals surface area contributed by atoms with Crippen LogP contribution in [0.3, 0.4) is 0 Å². The van der Waals surface area contributed by atoms with Crippen molar-refractivity contribution in [1.29, 1.82) is 0 Å². The van der Waals surface area contributed by atoms with E-state index in [0.717, 1.165) is 0 Å². The first-order valence-electron chi connectivity index (χ1n) is 3.80. The number of alkyl halides is 3. The van der Waals surface area contributed by atoms with Crippen molar-refractivity contribution in [3.05, 3.63) is 26.6 Å². The Kier molecular flexibility index (Phi) is 5.58. The van der Waals surface area contributed by atoms with Gasteiger partial charge in [-0.05, 0) is 28.1 Å². The molecule has 1 rings (SSSR count). The van der Waals surface area contributed by atoms with Gasteiger partial charge in [0.05, 0.1) is 5.69 Å². The summed E-state index contributed by atoms with van der Waals surface area (Å²) in [6.45, 7) is 0. The maximum atomic E-state index is 12.4. The minimum Gasteiger partial charge on any atom is -0.398 e. The van der Waals surface area contributed by atoms with E-state index in [9.17, 15) is 13.2 Å². The van der Waals surface area contributed by atoms with Gasteiger partial charge >= 0.3 is 6.18 Å². The molecule has 16 heavy (non-hydrogen) atoms. The first kappa shape index (κ1) is 16.0. The van der Waals surface area contributed by atoms with E-state index in [0.29, 0.717) is 8.95 Å². The Morgan fingerprint density at radius 3 is 2.12 bits per heavy atom. The zero-order chi connectivity index (χ0) is 11.8. The van der Waals surface area contributed by atoms with Gasteiger partial charge in [0.25, 0.3) is 0 Å². The lowest BCUT2D eigenvalue weighted by molar-refractivity contribution is -0.149. The summed E-state index contributed by atoms with van der Waals surface area (Å²) in [6.07, 6.45) is -4.51. The van der Waals surface area contributed by atoms with Crippen LogP contribution in [0.4, 0.5) is 18.9 Å². The molecule has 0 heterocycles. The van der Waals surface area contributed by atoms with E-state index in [1.165, 1.54) is 6.07 Å². The number of benzene rings is 1. The van der Waals surface area contributed by atoms with Gasteiger partial charge < -0.3 is 11.5 Å². The Bertz CT molecular complexity index is 384. The van der Waals surface area contributed by atoms with Crippen molar-refractivity contribution >= 4 is 50.0 Å². The van der Waals surface area contributed by atoms with Crippen LogP contribution in [0.25, 0.3) is 0 Å². The maximum absolute atomic E-state index is 12.4. The molecule has 1 atom stereocenters. The zero-order valence-electron chi connectivity index (χ0n) is 7.68. The molecule has 0 aliphatic carbocycles. The molecule has 0 saturated heterocycles. The molecule has 0 aliphatic rings. The van der Waals surface area contributed by atoms with E-state index < -0.39 is 12.2 Å². The minimum absolute atomic E-state index is 0. The Morgan fingerprint density at radius 1 is 1.19 bits per heavy atom. The standard InChI is InChI=1S/C8H7Br2F3N2.ClH/c9-3-1-4(6(14)5(10)2-3)7(15)8(11,12)13;/h1-2,7H,14-15H2;1H/t7-;/m1./s1. The largest absolute Gasteiger partial charge is 0.407 e. The number of rotatable bonds is 1. The highest BCUT2D eigenvalue weighted by atomic mass is 79.9. The molecule has 0 aliphatic heterocycles. The average molecular weight is 384 g/mol. The average Bonchev–Trinajstić information content (AvgIpc) is 2.08. The smallest absolute Gasteiger partial charge is 0.398 e. The van der Waals surface area contributed by atoms with Crippen molar-refractivity contribution in [1.82, 2.24) is 0 Å². The Labute approximate surface area is 113 Å². The van der Waals surface area contributed by atoms with Gasteiger partial charge in [-0.1, -0.05) is 15.9 Å². The molecular weight excluding hydrogens is 376 g/mol. The van der Waals surface area contributed by atoms with Crippen LogP contribution in [-0.4, -0.2) is 6.18 Å². The summed E-state index contributed by atoms with van der Waals surface area (Å²) in [7, 11) is 0. The second-order valence-electron chi connectivity index (χ2n) is 2.91. The number of anilines is 1. The third-order valence-corrected chi connectivity index (χ3v) is 2.93. The van der Waals surface area contributed by atoms with Crippen molar-refractivity contribution in [2.75, 3.05) is 5.73 Å². The molecule has 0 bridgehead atoms. The van der Waals surface area contributed by atoms with Crippen LogP contribution >= 0.6 is 44.3 Å². The molecular formula is C8H8Br2ClF3N2. The van der Waals surface area contributed by atoms with Gasteiger partial charge in [0.15, 0.2) is 0 Å². The summed E-state index contributed by atoms with van der Waals surface area (Å²) in [5.41, 5.74) is 10.4. The summed E-state index contributed by atoms with van der Waals surface area (Å²) < 4.78 is 38.0. The van der Waals surface area contributed by atoms with Crippen LogP contribution in [0.2, 0.25) is 0 Å². The second kappa shape index (κ2) is 5.57. The number of hydrogen-bond donors (Lipinski definition) is 2. The third-order valence-electron chi connectivity index (χ3n) is 1.81. The number of halogens is 6. The molecule has 0 fully saturated rings. The lowest BCUT2D eigenvalue weighted by Gasteiger charge is -2.18. The summed E-state index contributed by atoms with van der Waals surface area (Å²) in [6, 6.07) is 0.742. The number of hydrogen-bond acceptors (Lipinski definition) is 2. The first-order valence-corrected chi connectivity index (χ1v) is 5.38. The number of nitrogens with two attached hydrogens (primary N) is 2. The fraction of sp³-hybridized carbons (Fsp3) is 0.250. The molecule has 0 aromatic heterocycles.